The standard InChI is InChI=1S/C11H16O3S/c1-8(13)9-2-4-11(5-3-9)15-7-10(14)6-12/h2-5,8,10,12-14H,6-7H2,1H3/t8-,10?/m0/s1. The van der Waals surface area contributed by atoms with Crippen LogP contribution in [0.3, 0.4) is 0 Å². The first-order valence-electron chi connectivity index (χ1n) is 4.83. The monoisotopic (exact) mass is 228 g/mol. The summed E-state index contributed by atoms with van der Waals surface area (Å²) < 4.78 is 0. The molecule has 0 radical (unpaired) electrons. The molecule has 3 nitrogen and oxygen atoms in total. The molecule has 1 rings (SSSR count). The summed E-state index contributed by atoms with van der Waals surface area (Å²) in [6.45, 7) is 1.51. The quantitative estimate of drug-likeness (QED) is 0.662. The van der Waals surface area contributed by atoms with Gasteiger partial charge >= 0.3 is 0 Å². The van der Waals surface area contributed by atoms with Crippen molar-refractivity contribution in [2.24, 2.45) is 0 Å². The minimum atomic E-state index is -0.675. The Kier molecular flexibility index (Phi) is 5.11. The van der Waals surface area contributed by atoms with Crippen LogP contribution >= 0.6 is 11.8 Å². The number of rotatable bonds is 5. The predicted octanol–water partition coefficient (Wildman–Crippen LogP) is 1.19. The van der Waals surface area contributed by atoms with Crippen LogP contribution in [-0.2, 0) is 0 Å². The average molecular weight is 228 g/mol. The summed E-state index contributed by atoms with van der Waals surface area (Å²) in [4.78, 5) is 1.02. The molecule has 0 amide bonds. The van der Waals surface area contributed by atoms with E-state index >= 15 is 0 Å². The van der Waals surface area contributed by atoms with Gasteiger partial charge < -0.3 is 15.3 Å². The molecule has 0 fully saturated rings. The Hall–Kier alpha value is -0.550. The summed E-state index contributed by atoms with van der Waals surface area (Å²) in [6.07, 6.45) is -1.13. The second-order valence-corrected chi connectivity index (χ2v) is 4.49. The molecule has 0 saturated carbocycles. The van der Waals surface area contributed by atoms with Gasteiger partial charge in [-0.3, -0.25) is 0 Å². The maximum atomic E-state index is 9.29. The third kappa shape index (κ3) is 4.22. The lowest BCUT2D eigenvalue weighted by atomic mass is 10.1. The van der Waals surface area contributed by atoms with Crippen molar-refractivity contribution in [3.8, 4) is 0 Å². The molecule has 84 valence electrons. The van der Waals surface area contributed by atoms with Crippen LogP contribution in [0.15, 0.2) is 29.2 Å². The van der Waals surface area contributed by atoms with Crippen molar-refractivity contribution < 1.29 is 15.3 Å². The molecular weight excluding hydrogens is 212 g/mol. The summed E-state index contributed by atoms with van der Waals surface area (Å²) in [6, 6.07) is 7.52. The van der Waals surface area contributed by atoms with Crippen LogP contribution in [0.1, 0.15) is 18.6 Å². The Morgan fingerprint density at radius 1 is 1.20 bits per heavy atom. The summed E-state index contributed by atoms with van der Waals surface area (Å²) in [5.41, 5.74) is 0.877. The van der Waals surface area contributed by atoms with Gasteiger partial charge in [-0.25, -0.2) is 0 Å². The van der Waals surface area contributed by atoms with Crippen molar-refractivity contribution in [2.45, 2.75) is 24.0 Å². The van der Waals surface area contributed by atoms with Crippen LogP contribution in [0.4, 0.5) is 0 Å². The fraction of sp³-hybridized carbons (Fsp3) is 0.455. The zero-order valence-electron chi connectivity index (χ0n) is 8.63. The first-order chi connectivity index (χ1) is 7.13. The summed E-state index contributed by atoms with van der Waals surface area (Å²) in [7, 11) is 0. The third-order valence-corrected chi connectivity index (χ3v) is 3.17. The van der Waals surface area contributed by atoms with Gasteiger partial charge in [0.05, 0.1) is 18.8 Å². The molecule has 0 aliphatic heterocycles. The molecule has 1 aromatic carbocycles. The molecule has 0 saturated heterocycles. The van der Waals surface area contributed by atoms with Gasteiger partial charge in [0, 0.05) is 10.6 Å². The lowest BCUT2D eigenvalue weighted by Crippen LogP contribution is -2.14. The van der Waals surface area contributed by atoms with Gasteiger partial charge in [0.2, 0.25) is 0 Å². The van der Waals surface area contributed by atoms with Crippen LogP contribution in [-0.4, -0.2) is 33.8 Å². The molecule has 0 aliphatic carbocycles. The molecule has 1 aromatic rings. The van der Waals surface area contributed by atoms with Gasteiger partial charge in [0.25, 0.3) is 0 Å². The highest BCUT2D eigenvalue weighted by Crippen LogP contribution is 2.21. The van der Waals surface area contributed by atoms with Crippen molar-refractivity contribution in [1.29, 1.82) is 0 Å². The molecule has 0 spiro atoms. The van der Waals surface area contributed by atoms with E-state index in [-0.39, 0.29) is 6.61 Å². The Labute approximate surface area is 93.8 Å². The van der Waals surface area contributed by atoms with Crippen LogP contribution in [0.5, 0.6) is 0 Å². The highest BCUT2D eigenvalue weighted by atomic mass is 32.2. The molecule has 0 aliphatic rings. The maximum Gasteiger partial charge on any atom is 0.0864 e. The second-order valence-electron chi connectivity index (χ2n) is 3.39. The molecule has 3 N–H and O–H groups in total. The van der Waals surface area contributed by atoms with Crippen LogP contribution in [0, 0.1) is 0 Å². The number of thioether (sulfide) groups is 1. The number of aliphatic hydroxyl groups is 3. The van der Waals surface area contributed by atoms with E-state index in [1.165, 1.54) is 11.8 Å². The molecular formula is C11H16O3S. The summed E-state index contributed by atoms with van der Waals surface area (Å²) in [5.74, 6) is 0.477. The third-order valence-electron chi connectivity index (χ3n) is 2.02. The topological polar surface area (TPSA) is 60.7 Å². The van der Waals surface area contributed by atoms with Crippen molar-refractivity contribution in [1.82, 2.24) is 0 Å². The van der Waals surface area contributed by atoms with E-state index in [1.807, 2.05) is 24.3 Å². The van der Waals surface area contributed by atoms with Crippen LogP contribution < -0.4 is 0 Å². The largest absolute Gasteiger partial charge is 0.394 e. The SMILES string of the molecule is C[C@H](O)c1ccc(SCC(O)CO)cc1. The van der Waals surface area contributed by atoms with Crippen molar-refractivity contribution in [2.75, 3.05) is 12.4 Å². The molecule has 2 atom stereocenters. The maximum absolute atomic E-state index is 9.29. The first kappa shape index (κ1) is 12.5. The van der Waals surface area contributed by atoms with E-state index < -0.39 is 12.2 Å². The fourth-order valence-corrected chi connectivity index (χ4v) is 1.91. The fourth-order valence-electron chi connectivity index (χ4n) is 1.09. The second kappa shape index (κ2) is 6.12. The number of hydrogen-bond donors (Lipinski definition) is 3. The highest BCUT2D eigenvalue weighted by Gasteiger charge is 2.04. The van der Waals surface area contributed by atoms with Gasteiger partial charge in [-0.15, -0.1) is 11.8 Å². The predicted molar refractivity (Wildman–Crippen MR) is 60.9 cm³/mol. The minimum absolute atomic E-state index is 0.210. The number of hydrogen-bond acceptors (Lipinski definition) is 4. The molecule has 0 aromatic heterocycles. The van der Waals surface area contributed by atoms with E-state index in [1.54, 1.807) is 6.92 Å². The van der Waals surface area contributed by atoms with Gasteiger partial charge in [-0.2, -0.15) is 0 Å². The zero-order valence-corrected chi connectivity index (χ0v) is 9.44. The lowest BCUT2D eigenvalue weighted by molar-refractivity contribution is 0.113. The zero-order chi connectivity index (χ0) is 11.3. The Morgan fingerprint density at radius 3 is 2.27 bits per heavy atom. The average Bonchev–Trinajstić information content (AvgIpc) is 2.26. The molecule has 0 bridgehead atoms. The van der Waals surface area contributed by atoms with Gasteiger partial charge in [0.1, 0.15) is 0 Å². The highest BCUT2D eigenvalue weighted by molar-refractivity contribution is 7.99. The Bertz CT molecular complexity index is 284. The van der Waals surface area contributed by atoms with Gasteiger partial charge in [-0.05, 0) is 24.6 Å². The normalized spacial score (nSPS) is 14.9. The smallest absolute Gasteiger partial charge is 0.0864 e. The summed E-state index contributed by atoms with van der Waals surface area (Å²) in [5, 5.41) is 27.1. The molecule has 0 heterocycles. The van der Waals surface area contributed by atoms with Crippen LogP contribution in [0.25, 0.3) is 0 Å². The Balaban J connectivity index is 2.50. The molecule has 4 heteroatoms. The van der Waals surface area contributed by atoms with Gasteiger partial charge in [-0.1, -0.05) is 12.1 Å². The van der Waals surface area contributed by atoms with E-state index in [4.69, 9.17) is 10.2 Å². The van der Waals surface area contributed by atoms with Crippen molar-refractivity contribution in [3.05, 3.63) is 29.8 Å². The van der Waals surface area contributed by atoms with E-state index in [0.29, 0.717) is 5.75 Å². The van der Waals surface area contributed by atoms with Crippen LogP contribution in [0.2, 0.25) is 0 Å². The summed E-state index contributed by atoms with van der Waals surface area (Å²) >= 11 is 1.48. The molecule has 15 heavy (non-hydrogen) atoms. The van der Waals surface area contributed by atoms with Crippen molar-refractivity contribution in [3.63, 3.8) is 0 Å². The molecule has 1 unspecified atom stereocenters. The number of benzene rings is 1. The lowest BCUT2D eigenvalue weighted by Gasteiger charge is -2.08. The minimum Gasteiger partial charge on any atom is -0.394 e. The van der Waals surface area contributed by atoms with E-state index in [2.05, 4.69) is 0 Å². The van der Waals surface area contributed by atoms with Gasteiger partial charge in [0.15, 0.2) is 0 Å². The number of aliphatic hydroxyl groups excluding tert-OH is 3. The van der Waals surface area contributed by atoms with Crippen molar-refractivity contribution >= 4 is 11.8 Å². The van der Waals surface area contributed by atoms with E-state index in [9.17, 15) is 5.11 Å². The van der Waals surface area contributed by atoms with E-state index in [0.717, 1.165) is 10.5 Å². The first-order valence-corrected chi connectivity index (χ1v) is 5.81. The Morgan fingerprint density at radius 2 is 1.80 bits per heavy atom.